The summed E-state index contributed by atoms with van der Waals surface area (Å²) in [6.45, 7) is 0. The molecule has 2 rings (SSSR count). The highest BCUT2D eigenvalue weighted by molar-refractivity contribution is 7.80. The van der Waals surface area contributed by atoms with Gasteiger partial charge >= 0.3 is 6.18 Å². The Kier molecular flexibility index (Phi) is 3.84. The number of nitrogens with two attached hydrogens (primary N) is 1. The number of halogens is 3. The lowest BCUT2D eigenvalue weighted by Gasteiger charge is -2.11. The van der Waals surface area contributed by atoms with Crippen molar-refractivity contribution >= 4 is 28.6 Å². The van der Waals surface area contributed by atoms with E-state index in [9.17, 15) is 13.2 Å². The fourth-order valence-electron chi connectivity index (χ4n) is 1.50. The molecule has 8 heteroatoms. The largest absolute Gasteiger partial charge is 0.433 e. The summed E-state index contributed by atoms with van der Waals surface area (Å²) >= 11 is 4.88. The van der Waals surface area contributed by atoms with Crippen molar-refractivity contribution in [3.63, 3.8) is 0 Å². The Hall–Kier alpha value is -2.22. The number of pyridine rings is 2. The molecule has 0 unspecified atom stereocenters. The molecule has 0 spiro atoms. The van der Waals surface area contributed by atoms with Crippen molar-refractivity contribution in [3.05, 3.63) is 48.0 Å². The maximum atomic E-state index is 12.4. The molecule has 104 valence electrons. The van der Waals surface area contributed by atoms with Crippen LogP contribution in [0.2, 0.25) is 0 Å². The van der Waals surface area contributed by atoms with E-state index in [-0.39, 0.29) is 4.99 Å². The van der Waals surface area contributed by atoms with E-state index >= 15 is 0 Å². The molecular formula is C12H9F3N4S. The summed E-state index contributed by atoms with van der Waals surface area (Å²) in [7, 11) is 0. The van der Waals surface area contributed by atoms with Crippen molar-refractivity contribution in [2.24, 2.45) is 5.73 Å². The maximum absolute atomic E-state index is 12.4. The molecule has 0 atom stereocenters. The smallest absolute Gasteiger partial charge is 0.389 e. The number of hydrogen-bond acceptors (Lipinski definition) is 4. The van der Waals surface area contributed by atoms with Crippen LogP contribution in [0.15, 0.2) is 36.8 Å². The van der Waals surface area contributed by atoms with E-state index in [2.05, 4.69) is 15.3 Å². The molecule has 0 saturated carbocycles. The van der Waals surface area contributed by atoms with E-state index in [0.717, 1.165) is 12.3 Å². The van der Waals surface area contributed by atoms with Gasteiger partial charge in [-0.3, -0.25) is 4.98 Å². The van der Waals surface area contributed by atoms with E-state index < -0.39 is 11.9 Å². The van der Waals surface area contributed by atoms with Crippen molar-refractivity contribution in [1.29, 1.82) is 0 Å². The van der Waals surface area contributed by atoms with Crippen LogP contribution in [-0.2, 0) is 6.18 Å². The van der Waals surface area contributed by atoms with Crippen LogP contribution in [0.3, 0.4) is 0 Å². The van der Waals surface area contributed by atoms with E-state index in [1.807, 2.05) is 0 Å². The molecule has 20 heavy (non-hydrogen) atoms. The minimum atomic E-state index is -4.46. The van der Waals surface area contributed by atoms with Crippen molar-refractivity contribution < 1.29 is 13.2 Å². The fourth-order valence-corrected chi connectivity index (χ4v) is 1.68. The van der Waals surface area contributed by atoms with Crippen LogP contribution >= 0.6 is 12.2 Å². The summed E-state index contributed by atoms with van der Waals surface area (Å²) < 4.78 is 37.2. The lowest BCUT2D eigenvalue weighted by atomic mass is 10.2. The molecule has 0 amide bonds. The first-order chi connectivity index (χ1) is 9.38. The third-order valence-electron chi connectivity index (χ3n) is 2.42. The molecule has 0 fully saturated rings. The van der Waals surface area contributed by atoms with Gasteiger partial charge in [-0.05, 0) is 18.2 Å². The Morgan fingerprint density at radius 3 is 2.50 bits per heavy atom. The summed E-state index contributed by atoms with van der Waals surface area (Å²) in [4.78, 5) is 7.41. The Labute approximate surface area is 117 Å². The predicted octanol–water partition coefficient (Wildman–Crippen LogP) is 2.87. The Bertz CT molecular complexity index is 625. The molecule has 0 bridgehead atoms. The van der Waals surface area contributed by atoms with Gasteiger partial charge in [0.2, 0.25) is 0 Å². The molecule has 2 heterocycles. The number of aromatic nitrogens is 2. The highest BCUT2D eigenvalue weighted by atomic mass is 32.1. The monoisotopic (exact) mass is 298 g/mol. The Morgan fingerprint density at radius 1 is 1.20 bits per heavy atom. The number of nitrogens with zero attached hydrogens (tertiary/aromatic N) is 2. The summed E-state index contributed by atoms with van der Waals surface area (Å²) in [5, 5.41) is 2.87. The van der Waals surface area contributed by atoms with Crippen molar-refractivity contribution in [3.8, 4) is 0 Å². The normalized spacial score (nSPS) is 11.2. The first-order valence-electron chi connectivity index (χ1n) is 5.42. The van der Waals surface area contributed by atoms with Crippen LogP contribution in [0.5, 0.6) is 0 Å². The zero-order chi connectivity index (χ0) is 14.8. The van der Waals surface area contributed by atoms with E-state index in [1.54, 1.807) is 6.07 Å². The SMILES string of the molecule is NC(=S)c1ccncc1Nc1ccc(C(F)(F)F)nc1. The van der Waals surface area contributed by atoms with Gasteiger partial charge in [0.05, 0.1) is 23.8 Å². The molecular weight excluding hydrogens is 289 g/mol. The van der Waals surface area contributed by atoms with Gasteiger partial charge in [-0.25, -0.2) is 4.98 Å². The van der Waals surface area contributed by atoms with Crippen molar-refractivity contribution in [2.45, 2.75) is 6.18 Å². The van der Waals surface area contributed by atoms with Crippen LogP contribution < -0.4 is 11.1 Å². The molecule has 0 aromatic carbocycles. The topological polar surface area (TPSA) is 63.8 Å². The van der Waals surface area contributed by atoms with Gasteiger partial charge in [-0.1, -0.05) is 12.2 Å². The van der Waals surface area contributed by atoms with Crippen molar-refractivity contribution in [2.75, 3.05) is 5.32 Å². The van der Waals surface area contributed by atoms with Gasteiger partial charge in [0.25, 0.3) is 0 Å². The molecule has 3 N–H and O–H groups in total. The lowest BCUT2D eigenvalue weighted by molar-refractivity contribution is -0.141. The number of rotatable bonds is 3. The predicted molar refractivity (Wildman–Crippen MR) is 72.6 cm³/mol. The van der Waals surface area contributed by atoms with Gasteiger partial charge in [0, 0.05) is 11.8 Å². The molecule has 0 aliphatic rings. The number of hydrogen-bond donors (Lipinski definition) is 2. The van der Waals surface area contributed by atoms with Crippen LogP contribution in [0.25, 0.3) is 0 Å². The number of thiocarbonyl (C=S) groups is 1. The zero-order valence-electron chi connectivity index (χ0n) is 9.98. The second-order valence-corrected chi connectivity index (χ2v) is 4.28. The number of anilines is 2. The number of alkyl halides is 3. The van der Waals surface area contributed by atoms with Gasteiger partial charge in [0.1, 0.15) is 10.7 Å². The molecule has 0 radical (unpaired) electrons. The second-order valence-electron chi connectivity index (χ2n) is 3.84. The summed E-state index contributed by atoms with van der Waals surface area (Å²) in [6.07, 6.45) is -0.382. The summed E-state index contributed by atoms with van der Waals surface area (Å²) in [6, 6.07) is 3.77. The van der Waals surface area contributed by atoms with Gasteiger partial charge in [-0.2, -0.15) is 13.2 Å². The van der Waals surface area contributed by atoms with Crippen LogP contribution in [0, 0.1) is 0 Å². The third kappa shape index (κ3) is 3.21. The van der Waals surface area contributed by atoms with E-state index in [1.165, 1.54) is 18.5 Å². The highest BCUT2D eigenvalue weighted by Crippen LogP contribution is 2.28. The average molecular weight is 298 g/mol. The first kappa shape index (κ1) is 14.2. The van der Waals surface area contributed by atoms with Gasteiger partial charge < -0.3 is 11.1 Å². The first-order valence-corrected chi connectivity index (χ1v) is 5.83. The van der Waals surface area contributed by atoms with Crippen molar-refractivity contribution in [1.82, 2.24) is 9.97 Å². The standard InChI is InChI=1S/C12H9F3N4S/c13-12(14,15)10-2-1-7(5-18-10)19-9-6-17-4-3-8(9)11(16)20/h1-6,19H,(H2,16,20). The van der Waals surface area contributed by atoms with Gasteiger partial charge in [-0.15, -0.1) is 0 Å². The molecule has 2 aromatic rings. The second kappa shape index (κ2) is 5.41. The third-order valence-corrected chi connectivity index (χ3v) is 2.64. The molecule has 4 nitrogen and oxygen atoms in total. The maximum Gasteiger partial charge on any atom is 0.433 e. The summed E-state index contributed by atoms with van der Waals surface area (Å²) in [5.41, 5.74) is 6.02. The summed E-state index contributed by atoms with van der Waals surface area (Å²) in [5.74, 6) is 0. The van der Waals surface area contributed by atoms with Crippen LogP contribution in [0.1, 0.15) is 11.3 Å². The van der Waals surface area contributed by atoms with Crippen LogP contribution in [-0.4, -0.2) is 15.0 Å². The van der Waals surface area contributed by atoms with Crippen LogP contribution in [0.4, 0.5) is 24.5 Å². The minimum absolute atomic E-state index is 0.162. The number of nitrogens with one attached hydrogen (secondary N) is 1. The fraction of sp³-hybridized carbons (Fsp3) is 0.0833. The Balaban J connectivity index is 2.25. The molecule has 0 aliphatic heterocycles. The van der Waals surface area contributed by atoms with Gasteiger partial charge in [0.15, 0.2) is 0 Å². The molecule has 2 aromatic heterocycles. The molecule has 0 saturated heterocycles. The Morgan fingerprint density at radius 2 is 1.95 bits per heavy atom. The average Bonchev–Trinajstić information content (AvgIpc) is 2.38. The quantitative estimate of drug-likeness (QED) is 0.853. The highest BCUT2D eigenvalue weighted by Gasteiger charge is 2.32. The lowest BCUT2D eigenvalue weighted by Crippen LogP contribution is -2.12. The minimum Gasteiger partial charge on any atom is -0.389 e. The zero-order valence-corrected chi connectivity index (χ0v) is 10.8. The van der Waals surface area contributed by atoms with E-state index in [0.29, 0.717) is 16.9 Å². The molecule has 0 aliphatic carbocycles. The van der Waals surface area contributed by atoms with E-state index in [4.69, 9.17) is 18.0 Å².